The summed E-state index contributed by atoms with van der Waals surface area (Å²) in [5.41, 5.74) is -0.282. The Morgan fingerprint density at radius 2 is 1.98 bits per heavy atom. The summed E-state index contributed by atoms with van der Waals surface area (Å²) in [7, 11) is 0. The van der Waals surface area contributed by atoms with Gasteiger partial charge in [-0.3, -0.25) is 14.7 Å². The number of hydrogen-bond acceptors (Lipinski definition) is 8. The van der Waals surface area contributed by atoms with Gasteiger partial charge in [-0.1, -0.05) is 13.0 Å². The normalized spacial score (nSPS) is 26.1. The second kappa shape index (κ2) is 10.7. The maximum atomic E-state index is 16.8. The van der Waals surface area contributed by atoms with Gasteiger partial charge in [-0.2, -0.15) is 9.97 Å². The molecule has 4 fully saturated rings. The molecule has 4 saturated heterocycles. The summed E-state index contributed by atoms with van der Waals surface area (Å²) in [6, 6.07) is 5.78. The molecule has 0 bridgehead atoms. The van der Waals surface area contributed by atoms with Gasteiger partial charge >= 0.3 is 6.01 Å². The molecule has 0 unspecified atom stereocenters. The van der Waals surface area contributed by atoms with Crippen LogP contribution in [0.2, 0.25) is 0 Å². The number of piperidine rings is 1. The lowest BCUT2D eigenvalue weighted by atomic mass is 9.80. The van der Waals surface area contributed by atoms with Gasteiger partial charge in [0, 0.05) is 37.8 Å². The molecule has 46 heavy (non-hydrogen) atoms. The van der Waals surface area contributed by atoms with Gasteiger partial charge in [-0.05, 0) is 73.2 Å². The molecule has 3 atom stereocenters. The van der Waals surface area contributed by atoms with Crippen LogP contribution in [0.3, 0.4) is 0 Å². The summed E-state index contributed by atoms with van der Waals surface area (Å²) in [4.78, 5) is 29.9. The number of aryl methyl sites for hydroxylation is 1. The van der Waals surface area contributed by atoms with Crippen molar-refractivity contribution in [3.63, 3.8) is 0 Å². The number of aromatic nitrogens is 3. The van der Waals surface area contributed by atoms with Crippen LogP contribution in [0.1, 0.15) is 51.0 Å². The van der Waals surface area contributed by atoms with Gasteiger partial charge in [0.05, 0.1) is 22.9 Å². The van der Waals surface area contributed by atoms with Crippen LogP contribution in [0.15, 0.2) is 30.5 Å². The lowest BCUT2D eigenvalue weighted by Crippen LogP contribution is -2.68. The van der Waals surface area contributed by atoms with E-state index in [0.29, 0.717) is 66.4 Å². The van der Waals surface area contributed by atoms with Gasteiger partial charge in [0.15, 0.2) is 5.82 Å². The van der Waals surface area contributed by atoms with Crippen LogP contribution in [0, 0.1) is 11.6 Å². The number of aromatic hydroxyl groups is 1. The molecule has 0 aliphatic carbocycles. The molecule has 2 aromatic heterocycles. The van der Waals surface area contributed by atoms with Gasteiger partial charge in [0.25, 0.3) is 0 Å². The van der Waals surface area contributed by atoms with Gasteiger partial charge in [0.1, 0.15) is 41.4 Å². The second-order valence-corrected chi connectivity index (χ2v) is 13.4. The van der Waals surface area contributed by atoms with Crippen LogP contribution < -0.4 is 15.0 Å². The maximum Gasteiger partial charge on any atom is 0.319 e. The number of nitrogens with one attached hydrogen (secondary N) is 1. The summed E-state index contributed by atoms with van der Waals surface area (Å²) >= 11 is 0. The standard InChI is InChI=1S/C34H35F3N6O3/c1-2-22-25(36)6-5-19-11-21(44)12-23(27(19)22)29-28(37)30-24(15-38-29)31(42-9-3-7-33(17-42)14-26(45)41-33)40-32(39-30)46-18-34-8-4-10-43(34)16-20(35)13-34/h5-6,11-12,15,20,44H,2-4,7-10,13-14,16-18H2,1H3,(H,41,45)/t20-,33-,34+/m1/s1. The third-order valence-corrected chi connectivity index (χ3v) is 10.4. The topological polar surface area (TPSA) is 104 Å². The van der Waals surface area contributed by atoms with Crippen LogP contribution in [-0.4, -0.2) is 80.9 Å². The number of rotatable bonds is 6. The summed E-state index contributed by atoms with van der Waals surface area (Å²) in [5, 5.41) is 15.0. The monoisotopic (exact) mass is 632 g/mol. The largest absolute Gasteiger partial charge is 0.508 e. The van der Waals surface area contributed by atoms with E-state index < -0.39 is 23.3 Å². The highest BCUT2D eigenvalue weighted by Crippen LogP contribution is 2.42. The van der Waals surface area contributed by atoms with Gasteiger partial charge in [-0.25, -0.2) is 13.2 Å². The molecule has 6 heterocycles. The number of ether oxygens (including phenoxy) is 1. The maximum absolute atomic E-state index is 16.8. The predicted molar refractivity (Wildman–Crippen MR) is 167 cm³/mol. The first-order valence-corrected chi connectivity index (χ1v) is 16.1. The number of phenols is 1. The Hall–Kier alpha value is -4.19. The van der Waals surface area contributed by atoms with E-state index in [1.807, 2.05) is 11.8 Å². The molecule has 4 aromatic rings. The van der Waals surface area contributed by atoms with E-state index >= 15 is 4.39 Å². The predicted octanol–water partition coefficient (Wildman–Crippen LogP) is 5.21. The van der Waals surface area contributed by atoms with Crippen molar-refractivity contribution in [1.29, 1.82) is 0 Å². The molecule has 4 aliphatic heterocycles. The molecule has 8 rings (SSSR count). The minimum absolute atomic E-state index is 0.0000936. The molecule has 2 aromatic carbocycles. The number of anilines is 1. The van der Waals surface area contributed by atoms with E-state index in [4.69, 9.17) is 9.72 Å². The van der Waals surface area contributed by atoms with Gasteiger partial charge in [0.2, 0.25) is 5.91 Å². The number of amides is 1. The fourth-order valence-corrected chi connectivity index (χ4v) is 8.34. The SMILES string of the molecule is CCc1c(F)ccc2cc(O)cc(-c3ncc4c(N5CCC[C@@]6(CC(=O)N6)C5)nc(OC[C@@]56CCCN5C[C@H](F)C6)nc4c3F)c12. The number of hydrogen-bond donors (Lipinski definition) is 2. The average Bonchev–Trinajstić information content (AvgIpc) is 3.55. The zero-order chi connectivity index (χ0) is 31.8. The highest BCUT2D eigenvalue weighted by molar-refractivity contribution is 6.01. The van der Waals surface area contributed by atoms with Crippen LogP contribution in [-0.2, 0) is 11.2 Å². The van der Waals surface area contributed by atoms with Crippen LogP contribution in [0.4, 0.5) is 19.0 Å². The lowest BCUT2D eigenvalue weighted by Gasteiger charge is -2.49. The fourth-order valence-electron chi connectivity index (χ4n) is 8.34. The van der Waals surface area contributed by atoms with Crippen molar-refractivity contribution in [1.82, 2.24) is 25.2 Å². The van der Waals surface area contributed by atoms with E-state index in [1.165, 1.54) is 24.4 Å². The van der Waals surface area contributed by atoms with E-state index in [9.17, 15) is 18.7 Å². The Balaban J connectivity index is 1.27. The lowest BCUT2D eigenvalue weighted by molar-refractivity contribution is -0.133. The summed E-state index contributed by atoms with van der Waals surface area (Å²) in [6.07, 6.45) is 5.09. The molecule has 1 amide bonds. The highest BCUT2D eigenvalue weighted by Gasteiger charge is 2.50. The Bertz CT molecular complexity index is 1900. The van der Waals surface area contributed by atoms with E-state index in [1.54, 1.807) is 6.07 Å². The zero-order valence-corrected chi connectivity index (χ0v) is 25.6. The number of nitrogens with zero attached hydrogens (tertiary/aromatic N) is 5. The molecule has 0 radical (unpaired) electrons. The first-order valence-electron chi connectivity index (χ1n) is 16.1. The van der Waals surface area contributed by atoms with Crippen molar-refractivity contribution in [2.45, 2.75) is 69.1 Å². The van der Waals surface area contributed by atoms with Gasteiger partial charge < -0.3 is 20.1 Å². The number of halogens is 3. The van der Waals surface area contributed by atoms with Crippen LogP contribution >= 0.6 is 0 Å². The quantitative estimate of drug-likeness (QED) is 0.280. The van der Waals surface area contributed by atoms with Crippen molar-refractivity contribution in [3.8, 4) is 23.0 Å². The smallest absolute Gasteiger partial charge is 0.319 e. The van der Waals surface area contributed by atoms with Crippen molar-refractivity contribution in [2.24, 2.45) is 0 Å². The minimum atomic E-state index is -0.930. The van der Waals surface area contributed by atoms with E-state index in [-0.39, 0.29) is 46.6 Å². The summed E-state index contributed by atoms with van der Waals surface area (Å²) < 4.78 is 52.5. The van der Waals surface area contributed by atoms with E-state index in [2.05, 4.69) is 20.2 Å². The van der Waals surface area contributed by atoms with Crippen molar-refractivity contribution < 1.29 is 27.8 Å². The van der Waals surface area contributed by atoms with Crippen molar-refractivity contribution in [2.75, 3.05) is 37.7 Å². The van der Waals surface area contributed by atoms with Crippen molar-refractivity contribution in [3.05, 3.63) is 47.7 Å². The van der Waals surface area contributed by atoms with Gasteiger partial charge in [-0.15, -0.1) is 0 Å². The molecule has 240 valence electrons. The Kier molecular flexibility index (Phi) is 6.79. The summed E-state index contributed by atoms with van der Waals surface area (Å²) in [6.45, 7) is 4.29. The summed E-state index contributed by atoms with van der Waals surface area (Å²) in [5.74, 6) is -0.837. The molecular formula is C34H35F3N6O3. The number of β-lactam (4-membered cyclic amide) rings is 1. The molecule has 12 heteroatoms. The first kappa shape index (κ1) is 29.2. The average molecular weight is 633 g/mol. The third-order valence-electron chi connectivity index (χ3n) is 10.4. The number of carbonyl (C=O) groups excluding carboxylic acids is 1. The van der Waals surface area contributed by atoms with E-state index in [0.717, 1.165) is 32.2 Å². The fraction of sp³-hybridized carbons (Fsp3) is 0.471. The number of carbonyl (C=O) groups is 1. The first-order chi connectivity index (χ1) is 22.2. The minimum Gasteiger partial charge on any atom is -0.508 e. The molecular weight excluding hydrogens is 597 g/mol. The molecule has 0 saturated carbocycles. The molecule has 1 spiro atoms. The Morgan fingerprint density at radius 1 is 1.15 bits per heavy atom. The molecule has 4 aliphatic rings. The number of fused-ring (bicyclic) bond motifs is 3. The molecule has 2 N–H and O–H groups in total. The second-order valence-electron chi connectivity index (χ2n) is 13.4. The number of benzene rings is 2. The Morgan fingerprint density at radius 3 is 2.78 bits per heavy atom. The van der Waals surface area contributed by atoms with Crippen molar-refractivity contribution >= 4 is 33.4 Å². The van der Waals surface area contributed by atoms with Crippen LogP contribution in [0.25, 0.3) is 32.9 Å². The third kappa shape index (κ3) is 4.63. The van der Waals surface area contributed by atoms with Crippen LogP contribution in [0.5, 0.6) is 11.8 Å². The molecule has 9 nitrogen and oxygen atoms in total. The number of phenolic OH excluding ortho intramolecular Hbond substituents is 1. The number of pyridine rings is 1. The Labute approximate surface area is 263 Å². The zero-order valence-electron chi connectivity index (χ0n) is 25.6. The number of alkyl halides is 1. The highest BCUT2D eigenvalue weighted by atomic mass is 19.1.